The Labute approximate surface area is 203 Å². The van der Waals surface area contributed by atoms with Crippen LogP contribution in [0.1, 0.15) is 107 Å². The molecule has 2 rings (SSSR count). The first kappa shape index (κ1) is 27.0. The normalized spacial score (nSPS) is 12.4. The predicted octanol–water partition coefficient (Wildman–Crippen LogP) is 10.1. The molecule has 2 aromatic carbocycles. The van der Waals surface area contributed by atoms with Gasteiger partial charge < -0.3 is 0 Å². The van der Waals surface area contributed by atoms with Crippen LogP contribution in [0.3, 0.4) is 0 Å². The monoisotopic (exact) mass is 446 g/mol. The van der Waals surface area contributed by atoms with Crippen molar-refractivity contribution in [3.8, 4) is 0 Å². The quantitative estimate of drug-likeness (QED) is 0.204. The van der Waals surface area contributed by atoms with Gasteiger partial charge in [0.25, 0.3) is 0 Å². The Morgan fingerprint density at radius 3 is 1.24 bits per heavy atom. The summed E-state index contributed by atoms with van der Waals surface area (Å²) in [6.07, 6.45) is 13.4. The van der Waals surface area contributed by atoms with Crippen LogP contribution >= 0.6 is 0 Å². The fourth-order valence-corrected chi connectivity index (χ4v) is 4.49. The fraction of sp³-hybridized carbons (Fsp3) is 0.548. The Morgan fingerprint density at radius 2 is 0.818 bits per heavy atom. The lowest BCUT2D eigenvalue weighted by Crippen LogP contribution is -2.14. The summed E-state index contributed by atoms with van der Waals surface area (Å²) >= 11 is 0. The van der Waals surface area contributed by atoms with Gasteiger partial charge in [0.15, 0.2) is 0 Å². The lowest BCUT2D eigenvalue weighted by molar-refractivity contribution is 0.616. The number of rotatable bonds is 14. The standard InChI is InChI=1S/C31H46N2/c1-7-9-11-12-13-15-17-31(33-29-22-26(5)19-27(6)23-29)30(16-14-10-8-2)32-28-20-24(3)18-25(4)21-28/h18-23H,7-17H2,1-6H3. The number of unbranched alkanes of at least 4 members (excludes halogenated alkanes) is 7. The second kappa shape index (κ2) is 14.8. The minimum atomic E-state index is 1.00. The van der Waals surface area contributed by atoms with E-state index in [1.807, 2.05) is 0 Å². The van der Waals surface area contributed by atoms with Gasteiger partial charge in [-0.2, -0.15) is 0 Å². The van der Waals surface area contributed by atoms with Gasteiger partial charge in [0.2, 0.25) is 0 Å². The van der Waals surface area contributed by atoms with E-state index in [9.17, 15) is 0 Å². The lowest BCUT2D eigenvalue weighted by Gasteiger charge is -2.13. The number of nitrogens with zero attached hydrogens (tertiary/aromatic N) is 2. The third kappa shape index (κ3) is 10.5. The zero-order chi connectivity index (χ0) is 24.1. The molecule has 0 spiro atoms. The first-order chi connectivity index (χ1) is 15.9. The fourth-order valence-electron chi connectivity index (χ4n) is 4.49. The Kier molecular flexibility index (Phi) is 12.1. The van der Waals surface area contributed by atoms with Gasteiger partial charge in [0, 0.05) is 0 Å². The van der Waals surface area contributed by atoms with Crippen molar-refractivity contribution in [1.82, 2.24) is 0 Å². The first-order valence-electron chi connectivity index (χ1n) is 13.2. The molecule has 2 aromatic rings. The molecular weight excluding hydrogens is 400 g/mol. The Balaban J connectivity index is 2.39. The summed E-state index contributed by atoms with van der Waals surface area (Å²) in [6.45, 7) is 13.2. The van der Waals surface area contributed by atoms with Crippen molar-refractivity contribution in [2.24, 2.45) is 9.98 Å². The Morgan fingerprint density at radius 1 is 0.485 bits per heavy atom. The van der Waals surface area contributed by atoms with Gasteiger partial charge in [-0.3, -0.25) is 9.98 Å². The van der Waals surface area contributed by atoms with Crippen molar-refractivity contribution < 1.29 is 0 Å². The molecule has 0 aliphatic rings. The highest BCUT2D eigenvalue weighted by molar-refractivity contribution is 6.43. The molecule has 0 radical (unpaired) electrons. The summed E-state index contributed by atoms with van der Waals surface area (Å²) in [5, 5.41) is 0. The van der Waals surface area contributed by atoms with E-state index in [2.05, 4.69) is 77.9 Å². The van der Waals surface area contributed by atoms with Gasteiger partial charge in [0.05, 0.1) is 22.8 Å². The number of hydrogen-bond acceptors (Lipinski definition) is 2. The maximum Gasteiger partial charge on any atom is 0.0639 e. The molecule has 0 bridgehead atoms. The van der Waals surface area contributed by atoms with Crippen molar-refractivity contribution >= 4 is 22.8 Å². The Bertz CT molecular complexity index is 880. The summed E-state index contributed by atoms with van der Waals surface area (Å²) in [5.74, 6) is 0. The zero-order valence-electron chi connectivity index (χ0n) is 22.1. The van der Waals surface area contributed by atoms with E-state index in [1.165, 1.54) is 91.5 Å². The molecule has 2 heteroatoms. The van der Waals surface area contributed by atoms with Crippen LogP contribution in [-0.2, 0) is 0 Å². The van der Waals surface area contributed by atoms with Crippen LogP contribution < -0.4 is 0 Å². The van der Waals surface area contributed by atoms with Crippen LogP contribution in [0.4, 0.5) is 11.4 Å². The molecule has 33 heavy (non-hydrogen) atoms. The molecule has 0 amide bonds. The van der Waals surface area contributed by atoms with Gasteiger partial charge in [-0.1, -0.05) is 70.9 Å². The van der Waals surface area contributed by atoms with E-state index in [1.54, 1.807) is 0 Å². The van der Waals surface area contributed by atoms with Crippen LogP contribution in [-0.4, -0.2) is 11.4 Å². The highest BCUT2D eigenvalue weighted by Gasteiger charge is 2.11. The van der Waals surface area contributed by atoms with E-state index in [0.717, 1.165) is 24.2 Å². The van der Waals surface area contributed by atoms with Gasteiger partial charge in [-0.25, -0.2) is 0 Å². The maximum atomic E-state index is 5.22. The molecule has 0 aliphatic heterocycles. The van der Waals surface area contributed by atoms with Gasteiger partial charge >= 0.3 is 0 Å². The molecular formula is C31H46N2. The minimum Gasteiger partial charge on any atom is -0.252 e. The predicted molar refractivity (Wildman–Crippen MR) is 148 cm³/mol. The third-order valence-corrected chi connectivity index (χ3v) is 6.06. The van der Waals surface area contributed by atoms with Gasteiger partial charge in [-0.15, -0.1) is 0 Å². The highest BCUT2D eigenvalue weighted by atomic mass is 14.8. The summed E-state index contributed by atoms with van der Waals surface area (Å²) in [7, 11) is 0. The Hall–Kier alpha value is -2.22. The molecule has 0 N–H and O–H groups in total. The van der Waals surface area contributed by atoms with Crippen molar-refractivity contribution in [2.45, 2.75) is 112 Å². The van der Waals surface area contributed by atoms with E-state index in [0.29, 0.717) is 0 Å². The topological polar surface area (TPSA) is 24.7 Å². The van der Waals surface area contributed by atoms with Crippen LogP contribution in [0, 0.1) is 27.7 Å². The average Bonchev–Trinajstić information content (AvgIpc) is 2.73. The van der Waals surface area contributed by atoms with Crippen LogP contribution in [0.25, 0.3) is 0 Å². The molecule has 2 nitrogen and oxygen atoms in total. The molecule has 180 valence electrons. The smallest absolute Gasteiger partial charge is 0.0639 e. The van der Waals surface area contributed by atoms with Crippen molar-refractivity contribution in [3.05, 3.63) is 58.7 Å². The van der Waals surface area contributed by atoms with Gasteiger partial charge in [0.1, 0.15) is 0 Å². The zero-order valence-corrected chi connectivity index (χ0v) is 22.1. The molecule has 0 atom stereocenters. The number of benzene rings is 2. The average molecular weight is 447 g/mol. The van der Waals surface area contributed by atoms with Crippen molar-refractivity contribution in [3.63, 3.8) is 0 Å². The molecule has 0 unspecified atom stereocenters. The van der Waals surface area contributed by atoms with Crippen LogP contribution in [0.5, 0.6) is 0 Å². The summed E-state index contributed by atoms with van der Waals surface area (Å²) in [6, 6.07) is 13.2. The van der Waals surface area contributed by atoms with Gasteiger partial charge in [-0.05, 0) is 99.9 Å². The number of aliphatic imine (C=N–C) groups is 2. The van der Waals surface area contributed by atoms with E-state index in [-0.39, 0.29) is 0 Å². The highest BCUT2D eigenvalue weighted by Crippen LogP contribution is 2.23. The molecule has 0 heterocycles. The van der Waals surface area contributed by atoms with Crippen LogP contribution in [0.2, 0.25) is 0 Å². The third-order valence-electron chi connectivity index (χ3n) is 6.06. The van der Waals surface area contributed by atoms with E-state index >= 15 is 0 Å². The van der Waals surface area contributed by atoms with Crippen molar-refractivity contribution in [2.75, 3.05) is 0 Å². The largest absolute Gasteiger partial charge is 0.252 e. The summed E-state index contributed by atoms with van der Waals surface area (Å²) in [4.78, 5) is 10.4. The SMILES string of the molecule is CCCCCCCCC(=Nc1cc(C)cc(C)c1)C(CCCCC)=Nc1cc(C)cc(C)c1. The molecule has 0 saturated carbocycles. The van der Waals surface area contributed by atoms with Crippen molar-refractivity contribution in [1.29, 1.82) is 0 Å². The summed E-state index contributed by atoms with van der Waals surface area (Å²) in [5.41, 5.74) is 9.58. The molecule has 0 aromatic heterocycles. The number of aryl methyl sites for hydroxylation is 4. The van der Waals surface area contributed by atoms with Crippen LogP contribution in [0.15, 0.2) is 46.4 Å². The van der Waals surface area contributed by atoms with E-state index in [4.69, 9.17) is 9.98 Å². The molecule has 0 saturated heterocycles. The lowest BCUT2D eigenvalue weighted by atomic mass is 10.0. The second-order valence-corrected chi connectivity index (χ2v) is 9.78. The minimum absolute atomic E-state index is 1.00. The number of hydrogen-bond donors (Lipinski definition) is 0. The summed E-state index contributed by atoms with van der Waals surface area (Å²) < 4.78 is 0. The van der Waals surface area contributed by atoms with E-state index < -0.39 is 0 Å². The maximum absolute atomic E-state index is 5.22. The molecule has 0 aliphatic carbocycles. The first-order valence-corrected chi connectivity index (χ1v) is 13.2. The second-order valence-electron chi connectivity index (χ2n) is 9.78. The molecule has 0 fully saturated rings.